The largest absolute Gasteiger partial charge is 0.444 e. The molecule has 0 saturated carbocycles. The highest BCUT2D eigenvalue weighted by molar-refractivity contribution is 6.42. The topological polar surface area (TPSA) is 41.6 Å². The molecule has 0 bridgehead atoms. The molecule has 0 aliphatic carbocycles. The Balaban J connectivity index is 2.03. The second kappa shape index (κ2) is 8.55. The van der Waals surface area contributed by atoms with Crippen LogP contribution in [0.4, 0.5) is 4.79 Å². The van der Waals surface area contributed by atoms with Crippen LogP contribution in [-0.4, -0.2) is 42.3 Å². The van der Waals surface area contributed by atoms with E-state index < -0.39 is 11.1 Å². The van der Waals surface area contributed by atoms with E-state index >= 15 is 0 Å². The van der Waals surface area contributed by atoms with Crippen molar-refractivity contribution in [3.8, 4) is 0 Å². The second-order valence-corrected chi connectivity index (χ2v) is 9.48. The Bertz CT molecular complexity index is 867. The molecule has 4 nitrogen and oxygen atoms in total. The highest BCUT2D eigenvalue weighted by Gasteiger charge is 2.49. The number of rotatable bonds is 4. The molecule has 2 atom stereocenters. The van der Waals surface area contributed by atoms with Crippen LogP contribution in [0.25, 0.3) is 0 Å². The molecule has 1 heterocycles. The molecule has 1 fully saturated rings. The average molecular weight is 435 g/mol. The summed E-state index contributed by atoms with van der Waals surface area (Å²) < 4.78 is 5.71. The predicted molar refractivity (Wildman–Crippen MR) is 119 cm³/mol. The summed E-state index contributed by atoms with van der Waals surface area (Å²) in [5.74, 6) is 0.0370. The summed E-state index contributed by atoms with van der Waals surface area (Å²) >= 11 is 12.5. The summed E-state index contributed by atoms with van der Waals surface area (Å²) in [5, 5.41) is 4.53. The van der Waals surface area contributed by atoms with Crippen molar-refractivity contribution in [1.82, 2.24) is 10.2 Å². The van der Waals surface area contributed by atoms with Crippen molar-refractivity contribution < 1.29 is 9.53 Å². The fourth-order valence-corrected chi connectivity index (χ4v) is 4.33. The summed E-state index contributed by atoms with van der Waals surface area (Å²) in [6.07, 6.45) is 0.365. The molecule has 29 heavy (non-hydrogen) atoms. The minimum atomic E-state index is -0.565. The lowest BCUT2D eigenvalue weighted by Crippen LogP contribution is -2.56. The lowest BCUT2D eigenvalue weighted by molar-refractivity contribution is 0.00512. The third kappa shape index (κ3) is 4.88. The van der Waals surface area contributed by atoms with E-state index in [9.17, 15) is 4.79 Å². The van der Waals surface area contributed by atoms with Gasteiger partial charge in [0.25, 0.3) is 0 Å². The van der Waals surface area contributed by atoms with Crippen LogP contribution >= 0.6 is 23.2 Å². The quantitative estimate of drug-likeness (QED) is 0.687. The van der Waals surface area contributed by atoms with Crippen molar-refractivity contribution in [2.75, 3.05) is 20.1 Å². The lowest BCUT2D eigenvalue weighted by atomic mass is 9.76. The van der Waals surface area contributed by atoms with Gasteiger partial charge in [0.15, 0.2) is 0 Å². The van der Waals surface area contributed by atoms with Gasteiger partial charge in [0, 0.05) is 26.1 Å². The number of carbonyl (C=O) groups excluding carboxylic acids is 1. The van der Waals surface area contributed by atoms with Crippen LogP contribution in [0.2, 0.25) is 10.0 Å². The van der Waals surface area contributed by atoms with Gasteiger partial charge < -0.3 is 15.0 Å². The first-order valence-electron chi connectivity index (χ1n) is 9.79. The maximum absolute atomic E-state index is 13.1. The Morgan fingerprint density at radius 1 is 1.17 bits per heavy atom. The fourth-order valence-electron chi connectivity index (χ4n) is 4.02. The predicted octanol–water partition coefficient (Wildman–Crippen LogP) is 5.53. The van der Waals surface area contributed by atoms with Crippen molar-refractivity contribution in [3.05, 3.63) is 69.7 Å². The van der Waals surface area contributed by atoms with Gasteiger partial charge in [-0.1, -0.05) is 59.6 Å². The molecule has 1 saturated heterocycles. The number of benzene rings is 2. The van der Waals surface area contributed by atoms with Gasteiger partial charge in [-0.25, -0.2) is 4.79 Å². The number of ether oxygens (including phenoxy) is 1. The smallest absolute Gasteiger partial charge is 0.410 e. The molecular formula is C23H28Cl2N2O2. The SMILES string of the molecule is CN(C(=O)OC(C)(C)C)[C@@]1(Cc2ccccc2)CNC[C@@H]1c1ccc(Cl)c(Cl)c1. The normalized spacial score (nSPS) is 21.8. The monoisotopic (exact) mass is 434 g/mol. The van der Waals surface area contributed by atoms with E-state index in [0.717, 1.165) is 17.7 Å². The maximum Gasteiger partial charge on any atom is 0.410 e. The van der Waals surface area contributed by atoms with E-state index in [1.807, 2.05) is 64.2 Å². The van der Waals surface area contributed by atoms with Gasteiger partial charge in [0.2, 0.25) is 0 Å². The molecule has 3 rings (SSSR count). The van der Waals surface area contributed by atoms with E-state index in [2.05, 4.69) is 17.4 Å². The van der Waals surface area contributed by atoms with Gasteiger partial charge in [0.1, 0.15) is 5.60 Å². The first-order chi connectivity index (χ1) is 13.6. The van der Waals surface area contributed by atoms with Gasteiger partial charge in [-0.15, -0.1) is 0 Å². The van der Waals surface area contributed by atoms with Gasteiger partial charge in [-0.2, -0.15) is 0 Å². The van der Waals surface area contributed by atoms with E-state index in [1.165, 1.54) is 0 Å². The molecular weight excluding hydrogens is 407 g/mol. The van der Waals surface area contributed by atoms with Gasteiger partial charge in [-0.05, 0) is 50.5 Å². The van der Waals surface area contributed by atoms with E-state index in [0.29, 0.717) is 23.0 Å². The molecule has 0 aromatic heterocycles. The first-order valence-corrected chi connectivity index (χ1v) is 10.5. The van der Waals surface area contributed by atoms with Crippen LogP contribution in [0.1, 0.15) is 37.8 Å². The highest BCUT2D eigenvalue weighted by atomic mass is 35.5. The number of nitrogens with one attached hydrogen (secondary N) is 1. The molecule has 156 valence electrons. The van der Waals surface area contributed by atoms with Crippen LogP contribution in [0.5, 0.6) is 0 Å². The molecule has 1 aliphatic rings. The van der Waals surface area contributed by atoms with Crippen molar-refractivity contribution in [2.24, 2.45) is 0 Å². The third-order valence-electron chi connectivity index (χ3n) is 5.46. The summed E-state index contributed by atoms with van der Waals surface area (Å²) in [6, 6.07) is 15.9. The molecule has 1 amide bonds. The Morgan fingerprint density at radius 2 is 1.86 bits per heavy atom. The zero-order chi connectivity index (χ0) is 21.2. The van der Waals surface area contributed by atoms with Gasteiger partial charge in [0.05, 0.1) is 15.6 Å². The Morgan fingerprint density at radius 3 is 2.48 bits per heavy atom. The van der Waals surface area contributed by atoms with Crippen molar-refractivity contribution in [2.45, 2.75) is 44.2 Å². The van der Waals surface area contributed by atoms with Crippen LogP contribution < -0.4 is 5.32 Å². The third-order valence-corrected chi connectivity index (χ3v) is 6.20. The second-order valence-electron chi connectivity index (χ2n) is 8.66. The average Bonchev–Trinajstić information content (AvgIpc) is 3.07. The van der Waals surface area contributed by atoms with Gasteiger partial charge >= 0.3 is 6.09 Å². The van der Waals surface area contributed by atoms with Crippen molar-refractivity contribution in [3.63, 3.8) is 0 Å². The fraction of sp³-hybridized carbons (Fsp3) is 0.435. The standard InChI is InChI=1S/C23H28Cl2N2O2/c1-22(2,3)29-21(28)27(4)23(13-16-8-6-5-7-9-16)15-26-14-18(23)17-10-11-19(24)20(25)12-17/h5-12,18,26H,13-15H2,1-4H3/t18-,23+/m1/s1. The van der Waals surface area contributed by atoms with Crippen LogP contribution in [-0.2, 0) is 11.2 Å². The summed E-state index contributed by atoms with van der Waals surface area (Å²) in [5.41, 5.74) is 1.15. The Kier molecular flexibility index (Phi) is 6.47. The van der Waals surface area contributed by atoms with Crippen molar-refractivity contribution in [1.29, 1.82) is 0 Å². The number of likely N-dealkylation sites (N-methyl/N-ethyl adjacent to an activating group) is 1. The number of halogens is 2. The molecule has 6 heteroatoms. The summed E-state index contributed by atoms with van der Waals surface area (Å²) in [7, 11) is 1.83. The number of hydrogen-bond acceptors (Lipinski definition) is 3. The van der Waals surface area contributed by atoms with E-state index in [1.54, 1.807) is 4.90 Å². The zero-order valence-electron chi connectivity index (χ0n) is 17.3. The molecule has 0 unspecified atom stereocenters. The number of carbonyl (C=O) groups is 1. The molecule has 0 spiro atoms. The van der Waals surface area contributed by atoms with Crippen LogP contribution in [0.15, 0.2) is 48.5 Å². The lowest BCUT2D eigenvalue weighted by Gasteiger charge is -2.43. The zero-order valence-corrected chi connectivity index (χ0v) is 18.8. The summed E-state index contributed by atoms with van der Waals surface area (Å²) in [6.45, 7) is 7.03. The molecule has 2 aromatic rings. The first kappa shape index (κ1) is 21.9. The highest BCUT2D eigenvalue weighted by Crippen LogP contribution is 2.41. The minimum absolute atomic E-state index is 0.0370. The molecule has 2 aromatic carbocycles. The summed E-state index contributed by atoms with van der Waals surface area (Å²) in [4.78, 5) is 14.8. The van der Waals surface area contributed by atoms with E-state index in [-0.39, 0.29) is 12.0 Å². The molecule has 1 N–H and O–H groups in total. The Hall–Kier alpha value is -1.75. The Labute approximate surface area is 183 Å². The minimum Gasteiger partial charge on any atom is -0.444 e. The number of hydrogen-bond donors (Lipinski definition) is 1. The van der Waals surface area contributed by atoms with Crippen LogP contribution in [0, 0.1) is 0 Å². The molecule has 1 aliphatic heterocycles. The van der Waals surface area contributed by atoms with E-state index in [4.69, 9.17) is 27.9 Å². The molecule has 0 radical (unpaired) electrons. The van der Waals surface area contributed by atoms with Crippen molar-refractivity contribution >= 4 is 29.3 Å². The van der Waals surface area contributed by atoms with Gasteiger partial charge in [-0.3, -0.25) is 0 Å². The van der Waals surface area contributed by atoms with Crippen LogP contribution in [0.3, 0.4) is 0 Å². The number of nitrogens with zero attached hydrogens (tertiary/aromatic N) is 1. The maximum atomic E-state index is 13.1. The number of amides is 1.